The van der Waals surface area contributed by atoms with Crippen molar-refractivity contribution in [3.63, 3.8) is 0 Å². The molecule has 0 amide bonds. The van der Waals surface area contributed by atoms with Gasteiger partial charge in [0.25, 0.3) is 0 Å². The fourth-order valence-electron chi connectivity index (χ4n) is 0. The van der Waals surface area contributed by atoms with E-state index in [2.05, 4.69) is 6.58 Å². The lowest BCUT2D eigenvalue weighted by Gasteiger charge is -1.57. The summed E-state index contributed by atoms with van der Waals surface area (Å²) < 4.78 is 8.70. The Morgan fingerprint density at radius 3 is 1.88 bits per heavy atom. The van der Waals surface area contributed by atoms with Crippen LogP contribution in [0.4, 0.5) is 0 Å². The van der Waals surface area contributed by atoms with Crippen LogP contribution >= 0.6 is 8.25 Å². The van der Waals surface area contributed by atoms with Gasteiger partial charge in [0.2, 0.25) is 0 Å². The van der Waals surface area contributed by atoms with Crippen LogP contribution in [0.1, 0.15) is 0 Å². The van der Waals surface area contributed by atoms with E-state index in [1.165, 1.54) is 16.3 Å². The van der Waals surface area contributed by atoms with Crippen LogP contribution in [0.5, 0.6) is 0 Å². The molecule has 0 unspecified atom stereocenters. The minimum atomic E-state index is -2.87. The number of rotatable bonds is 1. The van der Waals surface area contributed by atoms with Gasteiger partial charge >= 0.3 is 8.25 Å². The lowest BCUT2D eigenvalue weighted by Crippen LogP contribution is -1.47. The number of hydrogen-bond acceptors (Lipinski definition) is 1. The van der Waals surface area contributed by atoms with E-state index < -0.39 is 8.25 Å². The molecule has 0 aliphatic heterocycles. The van der Waals surface area contributed by atoms with Crippen molar-refractivity contribution in [2.45, 2.75) is 6.04 Å². The fourth-order valence-corrected chi connectivity index (χ4v) is 0. The maximum Gasteiger partial charge on any atom is 0.692 e. The molecule has 0 spiro atoms. The average Bonchev–Trinajstić information content (AvgIpc) is 1.65. The van der Waals surface area contributed by atoms with Crippen molar-refractivity contribution in [2.75, 3.05) is 0 Å². The highest BCUT2D eigenvalue weighted by molar-refractivity contribution is 7.30. The van der Waals surface area contributed by atoms with Gasteiger partial charge < -0.3 is 0 Å². The molecular formula is C3H10O3PSi+. The molecule has 0 aliphatic carbocycles. The van der Waals surface area contributed by atoms with Crippen molar-refractivity contribution in [1.82, 2.24) is 0 Å². The molecule has 0 rings (SSSR count). The highest BCUT2D eigenvalue weighted by Gasteiger charge is 1.93. The first-order valence-corrected chi connectivity index (χ1v) is 4.69. The lowest BCUT2D eigenvalue weighted by atomic mass is 10.8. The molecule has 3 nitrogen and oxygen atoms in total. The van der Waals surface area contributed by atoms with Gasteiger partial charge in [0.05, 0.1) is 0 Å². The summed E-state index contributed by atoms with van der Waals surface area (Å²) in [5.41, 5.74) is 0. The van der Waals surface area contributed by atoms with Crippen LogP contribution in [0.15, 0.2) is 12.7 Å². The third-order valence-corrected chi connectivity index (χ3v) is 0.866. The summed E-state index contributed by atoms with van der Waals surface area (Å²) in [5.74, 6) is 0. The zero-order valence-electron chi connectivity index (χ0n) is 4.74. The SMILES string of the molecule is C=CC[SiH3].O=[P+](O)O. The topological polar surface area (TPSA) is 57.5 Å². The third-order valence-electron chi connectivity index (χ3n) is 0.289. The summed E-state index contributed by atoms with van der Waals surface area (Å²) in [5, 5.41) is 0. The van der Waals surface area contributed by atoms with Crippen LogP contribution in [0.3, 0.4) is 0 Å². The van der Waals surface area contributed by atoms with E-state index in [0.717, 1.165) is 0 Å². The van der Waals surface area contributed by atoms with E-state index in [-0.39, 0.29) is 0 Å². The van der Waals surface area contributed by atoms with Crippen LogP contribution in [0.2, 0.25) is 6.04 Å². The highest BCUT2D eigenvalue weighted by Crippen LogP contribution is 1.98. The highest BCUT2D eigenvalue weighted by atomic mass is 31.1. The standard InChI is InChI=1S/C3H8Si.HO3P/c1-2-3-4;1-4(2)3/h2H,1,3H2,4H3;(H-,1,2,3)/p+1. The second-order valence-electron chi connectivity index (χ2n) is 0.950. The van der Waals surface area contributed by atoms with Gasteiger partial charge in [0, 0.05) is 14.8 Å². The quantitative estimate of drug-likeness (QED) is 0.306. The molecule has 0 aromatic rings. The van der Waals surface area contributed by atoms with Gasteiger partial charge in [-0.1, -0.05) is 6.08 Å². The van der Waals surface area contributed by atoms with Crippen molar-refractivity contribution < 1.29 is 14.4 Å². The van der Waals surface area contributed by atoms with Crippen LogP contribution in [-0.4, -0.2) is 20.0 Å². The predicted molar refractivity (Wildman–Crippen MR) is 37.0 cm³/mol. The van der Waals surface area contributed by atoms with Gasteiger partial charge in [-0.3, -0.25) is 0 Å². The van der Waals surface area contributed by atoms with Crippen LogP contribution in [0, 0.1) is 0 Å². The third kappa shape index (κ3) is 155. The molecule has 2 N–H and O–H groups in total. The minimum Gasteiger partial charge on any atom is -0.134 e. The van der Waals surface area contributed by atoms with Crippen LogP contribution in [-0.2, 0) is 4.57 Å². The van der Waals surface area contributed by atoms with Gasteiger partial charge in [0.1, 0.15) is 0 Å². The van der Waals surface area contributed by atoms with Crippen molar-refractivity contribution in [3.05, 3.63) is 12.7 Å². The monoisotopic (exact) mass is 153 g/mol. The van der Waals surface area contributed by atoms with Crippen molar-refractivity contribution in [2.24, 2.45) is 0 Å². The molecule has 0 aromatic heterocycles. The van der Waals surface area contributed by atoms with E-state index in [9.17, 15) is 0 Å². The number of allylic oxidation sites excluding steroid dienone is 1. The van der Waals surface area contributed by atoms with Crippen molar-refractivity contribution in [3.8, 4) is 0 Å². The van der Waals surface area contributed by atoms with E-state index in [1.54, 1.807) is 0 Å². The van der Waals surface area contributed by atoms with E-state index in [1.807, 2.05) is 6.08 Å². The molecule has 0 radical (unpaired) electrons. The number of hydrogen-bond donors (Lipinski definition) is 2. The Balaban J connectivity index is 0. The molecule has 8 heavy (non-hydrogen) atoms. The molecule has 0 saturated carbocycles. The van der Waals surface area contributed by atoms with Crippen molar-refractivity contribution in [1.29, 1.82) is 0 Å². The first kappa shape index (κ1) is 10.9. The summed E-state index contributed by atoms with van der Waals surface area (Å²) in [6, 6.07) is 1.22. The Labute approximate surface area is 52.4 Å². The molecule has 0 heterocycles. The summed E-state index contributed by atoms with van der Waals surface area (Å²) >= 11 is 0. The summed E-state index contributed by atoms with van der Waals surface area (Å²) in [4.78, 5) is 14.2. The second kappa shape index (κ2) is 10.1. The molecule has 5 heteroatoms. The Kier molecular flexibility index (Phi) is 13.7. The van der Waals surface area contributed by atoms with Gasteiger partial charge in [-0.2, -0.15) is 0 Å². The summed E-state index contributed by atoms with van der Waals surface area (Å²) in [6.07, 6.45) is 1.94. The van der Waals surface area contributed by atoms with Gasteiger partial charge in [0.15, 0.2) is 0 Å². The predicted octanol–water partition coefficient (Wildman–Crippen LogP) is -0.416. The molecule has 48 valence electrons. The maximum absolute atomic E-state index is 8.70. The van der Waals surface area contributed by atoms with E-state index in [0.29, 0.717) is 0 Å². The molecule has 0 bridgehead atoms. The molecule has 0 aromatic carbocycles. The lowest BCUT2D eigenvalue weighted by molar-refractivity contribution is 0.405. The Morgan fingerprint density at radius 1 is 1.75 bits per heavy atom. The first-order chi connectivity index (χ1) is 3.65. The molecule has 0 aliphatic rings. The summed E-state index contributed by atoms with van der Waals surface area (Å²) in [6.45, 7) is 3.51. The van der Waals surface area contributed by atoms with E-state index in [4.69, 9.17) is 14.4 Å². The smallest absolute Gasteiger partial charge is 0.134 e. The Morgan fingerprint density at radius 2 is 1.88 bits per heavy atom. The second-order valence-corrected chi connectivity index (χ2v) is 2.27. The minimum absolute atomic E-state index is 1.22. The van der Waals surface area contributed by atoms with Crippen LogP contribution in [0.25, 0.3) is 0 Å². The van der Waals surface area contributed by atoms with Gasteiger partial charge in [-0.05, 0) is 6.04 Å². The Bertz CT molecular complexity index is 70.9. The first-order valence-electron chi connectivity index (χ1n) is 2.11. The molecule has 0 saturated heterocycles. The van der Waals surface area contributed by atoms with Gasteiger partial charge in [-0.25, -0.2) is 0 Å². The zero-order valence-corrected chi connectivity index (χ0v) is 7.64. The average molecular weight is 153 g/mol. The molecular weight excluding hydrogens is 143 g/mol. The fraction of sp³-hybridized carbons (Fsp3) is 0.333. The largest absolute Gasteiger partial charge is 0.692 e. The van der Waals surface area contributed by atoms with Crippen LogP contribution < -0.4 is 0 Å². The Hall–Kier alpha value is -0.0231. The molecule has 0 fully saturated rings. The summed E-state index contributed by atoms with van der Waals surface area (Å²) in [7, 11) is -1.60. The van der Waals surface area contributed by atoms with Crippen molar-refractivity contribution >= 4 is 18.5 Å². The maximum atomic E-state index is 8.70. The van der Waals surface area contributed by atoms with E-state index >= 15 is 0 Å². The van der Waals surface area contributed by atoms with Gasteiger partial charge in [-0.15, -0.1) is 16.4 Å². The molecule has 0 atom stereocenters. The zero-order chi connectivity index (χ0) is 6.99. The normalized spacial score (nSPS) is 6.75.